The number of pyridine rings is 2. The van der Waals surface area contributed by atoms with E-state index in [1.165, 1.54) is 6.07 Å². The van der Waals surface area contributed by atoms with Crippen LogP contribution in [0.5, 0.6) is 0 Å². The van der Waals surface area contributed by atoms with E-state index in [4.69, 9.17) is 15.2 Å². The molecule has 3 heterocycles. The summed E-state index contributed by atoms with van der Waals surface area (Å²) in [6.45, 7) is 9.29. The van der Waals surface area contributed by atoms with Gasteiger partial charge in [-0.25, -0.2) is 23.5 Å². The molecule has 5 N–H and O–H groups in total. The van der Waals surface area contributed by atoms with E-state index in [2.05, 4.69) is 25.9 Å². The lowest BCUT2D eigenvalue weighted by Gasteiger charge is -2.29. The number of ether oxygens (including phenoxy) is 2. The van der Waals surface area contributed by atoms with Crippen LogP contribution in [0.1, 0.15) is 50.9 Å². The van der Waals surface area contributed by atoms with Crippen LogP contribution in [0.15, 0.2) is 18.3 Å². The molecular weight excluding hydrogens is 512 g/mol. The predicted octanol–water partition coefficient (Wildman–Crippen LogP) is 3.54. The van der Waals surface area contributed by atoms with E-state index in [1.54, 1.807) is 27.7 Å². The number of rotatable bonds is 9. The molecule has 0 spiro atoms. The van der Waals surface area contributed by atoms with E-state index in [0.29, 0.717) is 32.1 Å². The van der Waals surface area contributed by atoms with Gasteiger partial charge in [-0.15, -0.1) is 0 Å². The van der Waals surface area contributed by atoms with Gasteiger partial charge in [0.2, 0.25) is 0 Å². The van der Waals surface area contributed by atoms with E-state index in [1.807, 2.05) is 4.90 Å². The molecule has 2 amide bonds. The molecule has 212 valence electrons. The Morgan fingerprint density at radius 3 is 2.46 bits per heavy atom. The maximum atomic E-state index is 15.1. The van der Waals surface area contributed by atoms with Crippen molar-refractivity contribution in [2.75, 3.05) is 41.8 Å². The van der Waals surface area contributed by atoms with Crippen molar-refractivity contribution in [3.8, 4) is 0 Å². The van der Waals surface area contributed by atoms with E-state index < -0.39 is 35.3 Å². The van der Waals surface area contributed by atoms with Crippen molar-refractivity contribution in [3.05, 3.63) is 35.5 Å². The lowest BCUT2D eigenvalue weighted by molar-refractivity contribution is 0.0501. The Bertz CT molecular complexity index is 1210. The number of hydrogen-bond acceptors (Lipinski definition) is 9. The second-order valence-electron chi connectivity index (χ2n) is 10.8. The Labute approximate surface area is 225 Å². The van der Waals surface area contributed by atoms with Crippen molar-refractivity contribution < 1.29 is 27.8 Å². The first-order chi connectivity index (χ1) is 18.4. The van der Waals surface area contributed by atoms with Gasteiger partial charge in [0.05, 0.1) is 36.7 Å². The van der Waals surface area contributed by atoms with E-state index in [-0.39, 0.29) is 34.8 Å². The van der Waals surface area contributed by atoms with Crippen molar-refractivity contribution in [3.63, 3.8) is 0 Å². The normalized spacial score (nSPS) is 17.2. The van der Waals surface area contributed by atoms with Crippen LogP contribution in [-0.2, 0) is 9.47 Å². The third-order valence-electron chi connectivity index (χ3n) is 6.39. The number of nitrogens with two attached hydrogens (primary N) is 1. The predicted molar refractivity (Wildman–Crippen MR) is 142 cm³/mol. The summed E-state index contributed by atoms with van der Waals surface area (Å²) in [4.78, 5) is 34.8. The molecule has 0 radical (unpaired) electrons. The topological polar surface area (TPSA) is 144 Å². The average Bonchev–Trinajstić information content (AvgIpc) is 3.69. The largest absolute Gasteiger partial charge is 0.444 e. The van der Waals surface area contributed by atoms with Gasteiger partial charge < -0.3 is 36.1 Å². The average molecular weight is 548 g/mol. The van der Waals surface area contributed by atoms with Gasteiger partial charge >= 0.3 is 6.09 Å². The molecule has 11 nitrogen and oxygen atoms in total. The lowest BCUT2D eigenvalue weighted by atomic mass is 10.0. The van der Waals surface area contributed by atoms with Gasteiger partial charge in [0.25, 0.3) is 5.91 Å². The minimum absolute atomic E-state index is 0.00208. The van der Waals surface area contributed by atoms with Crippen molar-refractivity contribution in [1.82, 2.24) is 15.3 Å². The first kappa shape index (κ1) is 28.3. The van der Waals surface area contributed by atoms with E-state index in [0.717, 1.165) is 25.1 Å². The maximum Gasteiger partial charge on any atom is 0.407 e. The second kappa shape index (κ2) is 11.6. The summed E-state index contributed by atoms with van der Waals surface area (Å²) in [6, 6.07) is 1.63. The zero-order valence-corrected chi connectivity index (χ0v) is 22.5. The molecule has 1 saturated heterocycles. The number of primary amides is 1. The summed E-state index contributed by atoms with van der Waals surface area (Å²) < 4.78 is 40.6. The number of aromatic nitrogens is 2. The third-order valence-corrected chi connectivity index (χ3v) is 6.39. The number of nitrogens with zero attached hydrogens (tertiary/aromatic N) is 3. The fraction of sp³-hybridized carbons (Fsp3) is 0.538. The summed E-state index contributed by atoms with van der Waals surface area (Å²) in [5.41, 5.74) is 4.57. The number of halogens is 2. The molecule has 2 atom stereocenters. The van der Waals surface area contributed by atoms with Crippen LogP contribution in [0.3, 0.4) is 0 Å². The van der Waals surface area contributed by atoms with Gasteiger partial charge in [-0.1, -0.05) is 0 Å². The lowest BCUT2D eigenvalue weighted by Crippen LogP contribution is -2.47. The summed E-state index contributed by atoms with van der Waals surface area (Å²) in [7, 11) is 0. The number of morpholine rings is 1. The zero-order valence-electron chi connectivity index (χ0n) is 22.5. The highest BCUT2D eigenvalue weighted by molar-refractivity contribution is 5.98. The summed E-state index contributed by atoms with van der Waals surface area (Å²) in [5, 5.41) is 8.66. The van der Waals surface area contributed by atoms with Crippen LogP contribution < -0.4 is 26.6 Å². The molecule has 0 aromatic carbocycles. The highest BCUT2D eigenvalue weighted by Gasteiger charge is 2.37. The van der Waals surface area contributed by atoms with Crippen molar-refractivity contribution in [2.45, 2.75) is 58.2 Å². The first-order valence-corrected chi connectivity index (χ1v) is 12.9. The minimum Gasteiger partial charge on any atom is -0.444 e. The van der Waals surface area contributed by atoms with Gasteiger partial charge in [0.1, 0.15) is 17.2 Å². The monoisotopic (exact) mass is 547 g/mol. The highest BCUT2D eigenvalue weighted by Crippen LogP contribution is 2.36. The molecule has 2 aromatic heterocycles. The van der Waals surface area contributed by atoms with Gasteiger partial charge in [0.15, 0.2) is 17.5 Å². The number of hydrogen-bond donors (Lipinski definition) is 4. The van der Waals surface area contributed by atoms with Gasteiger partial charge in [0, 0.05) is 25.2 Å². The molecule has 2 aliphatic rings. The number of nitrogens with one attached hydrogen (secondary N) is 3. The first-order valence-electron chi connectivity index (χ1n) is 12.9. The maximum absolute atomic E-state index is 15.1. The fourth-order valence-corrected chi connectivity index (χ4v) is 4.34. The van der Waals surface area contributed by atoms with Crippen molar-refractivity contribution in [1.29, 1.82) is 0 Å². The Kier molecular flexibility index (Phi) is 8.38. The molecule has 0 unspecified atom stereocenters. The smallest absolute Gasteiger partial charge is 0.407 e. The van der Waals surface area contributed by atoms with E-state index >= 15 is 4.39 Å². The zero-order chi connectivity index (χ0) is 28.3. The van der Waals surface area contributed by atoms with Crippen LogP contribution in [0.25, 0.3) is 0 Å². The SMILES string of the molecule is C[C@H](NC(=O)OC(C)(C)C)[C@H](Nc1nc(Nc2cc(N3CCOCC3)ncc2F)c(C(N)=O)cc1F)C1CC1. The van der Waals surface area contributed by atoms with Gasteiger partial charge in [-0.2, -0.15) is 0 Å². The van der Waals surface area contributed by atoms with Gasteiger partial charge in [-0.3, -0.25) is 4.79 Å². The fourth-order valence-electron chi connectivity index (χ4n) is 4.34. The van der Waals surface area contributed by atoms with Gasteiger partial charge in [-0.05, 0) is 52.5 Å². The number of amides is 2. The molecule has 0 bridgehead atoms. The summed E-state index contributed by atoms with van der Waals surface area (Å²) in [6.07, 6.45) is 2.24. The number of carbonyl (C=O) groups is 2. The van der Waals surface area contributed by atoms with Crippen LogP contribution >= 0.6 is 0 Å². The molecule has 1 saturated carbocycles. The standard InChI is InChI=1S/C26H35F2N7O4/c1-14(31-25(37)39-26(2,3)4)21(15-5-6-15)33-24-17(27)11-16(22(29)36)23(34-24)32-19-12-20(30-13-18(19)28)35-7-9-38-10-8-35/h11-15,21H,5-10H2,1-4H3,(H2,29,36)(H,31,37)(H2,30,32,33,34)/t14-,21-/m0/s1. The Balaban J connectivity index is 1.59. The third kappa shape index (κ3) is 7.43. The van der Waals surface area contributed by atoms with Crippen LogP contribution in [0.4, 0.5) is 36.7 Å². The van der Waals surface area contributed by atoms with Crippen molar-refractivity contribution >= 4 is 35.1 Å². The Morgan fingerprint density at radius 2 is 1.85 bits per heavy atom. The number of carbonyl (C=O) groups excluding carboxylic acids is 2. The molecule has 4 rings (SSSR count). The Hall–Kier alpha value is -3.74. The van der Waals surface area contributed by atoms with Crippen LogP contribution in [0.2, 0.25) is 0 Å². The summed E-state index contributed by atoms with van der Waals surface area (Å²) in [5.74, 6) is -2.04. The Morgan fingerprint density at radius 1 is 1.15 bits per heavy atom. The van der Waals surface area contributed by atoms with Crippen LogP contribution in [0, 0.1) is 17.6 Å². The molecule has 39 heavy (non-hydrogen) atoms. The molecule has 13 heteroatoms. The quantitative estimate of drug-likeness (QED) is 0.371. The van der Waals surface area contributed by atoms with Crippen molar-refractivity contribution in [2.24, 2.45) is 11.7 Å². The second-order valence-corrected chi connectivity index (χ2v) is 10.8. The molecule has 1 aliphatic heterocycles. The molecule has 1 aliphatic carbocycles. The molecule has 2 aromatic rings. The minimum atomic E-state index is -0.933. The highest BCUT2D eigenvalue weighted by atomic mass is 19.1. The molecular formula is C26H35F2N7O4. The van der Waals surface area contributed by atoms with E-state index in [9.17, 15) is 14.0 Å². The number of alkyl carbamates (subject to hydrolysis) is 1. The number of anilines is 4. The summed E-state index contributed by atoms with van der Waals surface area (Å²) >= 11 is 0. The van der Waals surface area contributed by atoms with Crippen LogP contribution in [-0.4, -0.2) is 66.0 Å². The molecule has 2 fully saturated rings.